The Morgan fingerprint density at radius 3 is 2.20 bits per heavy atom. The standard InChI is InChI=1S/C41H64O17S/c1-35(2)13-11-26(56-35)39(7)41(48)17-16-38(6)21-8-9-24-36(3,4)25(12-14-37(24,5)20(21)10-15-40(38,41)34(47)57-39)54-33-31(28(44)23(19-52-33)58-59(49,50)51)55-32-30(46)29(45)27(43)22(18-42)53-32/h10,21-33,42-46,48H,8-9,11-19H2,1-7H3,(H,49,50,51)/t21?,22-,23-,24?,25-,26?,27-,28+,29+,30-,31-,32-,33+,37-,38+,39+,40?,41+/m1/s1. The number of fused-ring (bicyclic) bond motifs is 4. The third kappa shape index (κ3) is 6.31. The van der Waals surface area contributed by atoms with Crippen LogP contribution >= 0.6 is 0 Å². The van der Waals surface area contributed by atoms with Gasteiger partial charge in [-0.1, -0.05) is 39.3 Å². The number of aliphatic hydroxyl groups is 6. The van der Waals surface area contributed by atoms with E-state index in [2.05, 4.69) is 38.0 Å². The van der Waals surface area contributed by atoms with Gasteiger partial charge in [0.2, 0.25) is 0 Å². The van der Waals surface area contributed by atoms with Crippen LogP contribution in [-0.4, -0.2) is 147 Å². The van der Waals surface area contributed by atoms with Crippen molar-refractivity contribution in [3.63, 3.8) is 0 Å². The first-order valence-electron chi connectivity index (χ1n) is 21.2. The second kappa shape index (κ2) is 14.3. The molecule has 3 saturated carbocycles. The number of hydrogen-bond acceptors (Lipinski definition) is 16. The predicted octanol–water partition coefficient (Wildman–Crippen LogP) is 1.44. The van der Waals surface area contributed by atoms with E-state index in [1.165, 1.54) is 5.57 Å². The van der Waals surface area contributed by atoms with Gasteiger partial charge in [-0.05, 0) is 107 Å². The van der Waals surface area contributed by atoms with E-state index in [-0.39, 0.29) is 28.8 Å². The number of allylic oxidation sites excluding steroid dienone is 2. The number of hydrogen-bond donors (Lipinski definition) is 7. The van der Waals surface area contributed by atoms with Crippen LogP contribution in [0.1, 0.15) is 106 Å². The van der Waals surface area contributed by atoms with Gasteiger partial charge in [-0.2, -0.15) is 8.42 Å². The number of ether oxygens (including phenoxy) is 6. The summed E-state index contributed by atoms with van der Waals surface area (Å²) in [6, 6.07) is 0. The highest BCUT2D eigenvalue weighted by Gasteiger charge is 2.84. The van der Waals surface area contributed by atoms with Gasteiger partial charge in [-0.3, -0.25) is 9.35 Å². The normalized spacial score (nSPS) is 52.8. The number of aliphatic hydroxyl groups excluding tert-OH is 5. The van der Waals surface area contributed by atoms with E-state index in [0.29, 0.717) is 38.5 Å². The largest absolute Gasteiger partial charge is 0.453 e. The summed E-state index contributed by atoms with van der Waals surface area (Å²) in [6.07, 6.45) is -7.84. The van der Waals surface area contributed by atoms with Crippen LogP contribution in [0.5, 0.6) is 0 Å². The summed E-state index contributed by atoms with van der Waals surface area (Å²) >= 11 is 0. The van der Waals surface area contributed by atoms with Crippen LogP contribution < -0.4 is 0 Å². The van der Waals surface area contributed by atoms with Crippen molar-refractivity contribution in [2.24, 2.45) is 33.5 Å². The maximum absolute atomic E-state index is 14.4. The first kappa shape index (κ1) is 44.3. The Labute approximate surface area is 345 Å². The maximum Gasteiger partial charge on any atom is 0.397 e. The summed E-state index contributed by atoms with van der Waals surface area (Å²) in [4.78, 5) is 14.4. The van der Waals surface area contributed by atoms with Gasteiger partial charge >= 0.3 is 16.4 Å². The van der Waals surface area contributed by atoms with Crippen molar-refractivity contribution < 1.29 is 81.0 Å². The zero-order chi connectivity index (χ0) is 43.1. The summed E-state index contributed by atoms with van der Waals surface area (Å²) in [5.74, 6) is -0.253. The molecule has 17 nitrogen and oxygen atoms in total. The minimum absolute atomic E-state index is 0.0171. The lowest BCUT2D eigenvalue weighted by atomic mass is 9.40. The molecule has 7 N–H and O–H groups in total. The summed E-state index contributed by atoms with van der Waals surface area (Å²) < 4.78 is 74.4. The molecule has 336 valence electrons. The van der Waals surface area contributed by atoms with Crippen molar-refractivity contribution in [2.75, 3.05) is 13.2 Å². The van der Waals surface area contributed by atoms with Gasteiger partial charge in [0, 0.05) is 0 Å². The zero-order valence-electron chi connectivity index (χ0n) is 35.0. The zero-order valence-corrected chi connectivity index (χ0v) is 35.8. The maximum atomic E-state index is 14.4. The summed E-state index contributed by atoms with van der Waals surface area (Å²) in [5.41, 5.74) is -4.22. The molecule has 4 aliphatic carbocycles. The Morgan fingerprint density at radius 1 is 0.847 bits per heavy atom. The smallest absolute Gasteiger partial charge is 0.397 e. The highest BCUT2D eigenvalue weighted by atomic mass is 32.3. The quantitative estimate of drug-likeness (QED) is 0.0789. The fourth-order valence-electron chi connectivity index (χ4n) is 13.7. The molecule has 4 saturated heterocycles. The van der Waals surface area contributed by atoms with E-state index in [0.717, 1.165) is 19.3 Å². The Hall–Kier alpha value is -1.36. The third-order valence-electron chi connectivity index (χ3n) is 16.9. The van der Waals surface area contributed by atoms with Gasteiger partial charge in [-0.15, -0.1) is 0 Å². The molecule has 0 amide bonds. The molecule has 4 aliphatic heterocycles. The molecular weight excluding hydrogens is 797 g/mol. The summed E-state index contributed by atoms with van der Waals surface area (Å²) in [5, 5.41) is 65.6. The summed E-state index contributed by atoms with van der Waals surface area (Å²) in [6.45, 7) is 13.3. The van der Waals surface area contributed by atoms with Crippen LogP contribution in [-0.2, 0) is 47.8 Å². The molecule has 0 aromatic rings. The van der Waals surface area contributed by atoms with Crippen LogP contribution in [0.25, 0.3) is 0 Å². The van der Waals surface area contributed by atoms with E-state index < -0.39 is 119 Å². The second-order valence-corrected chi connectivity index (χ2v) is 21.6. The van der Waals surface area contributed by atoms with Crippen molar-refractivity contribution in [3.8, 4) is 0 Å². The van der Waals surface area contributed by atoms with Gasteiger partial charge in [0.15, 0.2) is 18.2 Å². The molecule has 7 fully saturated rings. The van der Waals surface area contributed by atoms with Crippen molar-refractivity contribution in [1.29, 1.82) is 0 Å². The van der Waals surface area contributed by atoms with Gasteiger partial charge in [0.1, 0.15) is 59.8 Å². The fourth-order valence-corrected chi connectivity index (χ4v) is 14.2. The predicted molar refractivity (Wildman–Crippen MR) is 203 cm³/mol. The minimum atomic E-state index is -5.06. The molecule has 4 heterocycles. The summed E-state index contributed by atoms with van der Waals surface area (Å²) in [7, 11) is -5.06. The number of cyclic esters (lactones) is 1. The van der Waals surface area contributed by atoms with Gasteiger partial charge < -0.3 is 59.1 Å². The van der Waals surface area contributed by atoms with Crippen LogP contribution in [0.2, 0.25) is 0 Å². The van der Waals surface area contributed by atoms with E-state index in [9.17, 15) is 48.4 Å². The Morgan fingerprint density at radius 2 is 1.56 bits per heavy atom. The number of rotatable bonds is 8. The van der Waals surface area contributed by atoms with Gasteiger partial charge in [0.25, 0.3) is 0 Å². The van der Waals surface area contributed by atoms with Crippen molar-refractivity contribution >= 4 is 16.4 Å². The molecule has 0 bridgehead atoms. The lowest BCUT2D eigenvalue weighted by Gasteiger charge is -2.64. The molecule has 8 aliphatic rings. The third-order valence-corrected chi connectivity index (χ3v) is 17.4. The average molecular weight is 861 g/mol. The highest BCUT2D eigenvalue weighted by molar-refractivity contribution is 7.80. The molecule has 0 radical (unpaired) electrons. The number of carbonyl (C=O) groups excluding carboxylic acids is 1. The van der Waals surface area contributed by atoms with Crippen LogP contribution in [0, 0.1) is 33.5 Å². The first-order chi connectivity index (χ1) is 27.3. The molecular formula is C41H64O17S. The average Bonchev–Trinajstić information content (AvgIpc) is 3.71. The van der Waals surface area contributed by atoms with Gasteiger partial charge in [0.05, 0.1) is 24.9 Å². The van der Waals surface area contributed by atoms with Crippen LogP contribution in [0.4, 0.5) is 0 Å². The Bertz CT molecular complexity index is 1800. The fraction of sp³-hybridized carbons (Fsp3) is 0.927. The number of carbonyl (C=O) groups is 1. The number of esters is 1. The lowest BCUT2D eigenvalue weighted by Crippen LogP contribution is -2.66. The molecule has 59 heavy (non-hydrogen) atoms. The van der Waals surface area contributed by atoms with Gasteiger partial charge in [-0.25, -0.2) is 4.18 Å². The van der Waals surface area contributed by atoms with Crippen molar-refractivity contribution in [2.45, 2.75) is 191 Å². The van der Waals surface area contributed by atoms with E-state index in [4.69, 9.17) is 28.4 Å². The first-order valence-corrected chi connectivity index (χ1v) is 22.6. The molecule has 0 aromatic heterocycles. The minimum Gasteiger partial charge on any atom is -0.453 e. The molecule has 8 rings (SSSR count). The molecule has 18 heteroatoms. The van der Waals surface area contributed by atoms with E-state index in [1.54, 1.807) is 0 Å². The SMILES string of the molecule is CC1(C)CCC([C@]2(C)OC(=O)C34CC=C5C(CCC6C(C)(C)[C@H](O[C@@H]7OC[C@@H](OS(=O)(=O)O)[C@H](O)[C@H]7O[C@H]7O[C@H](CO)[C@@H](O)[C@H](O)[C@H]7O)CC[C@]56C)[C@]3(C)CC[C@@]42O)O1. The second-order valence-electron chi connectivity index (χ2n) is 20.6. The van der Waals surface area contributed by atoms with Crippen molar-refractivity contribution in [3.05, 3.63) is 11.6 Å². The topological polar surface area (TPSA) is 257 Å². The Balaban J connectivity index is 1.05. The van der Waals surface area contributed by atoms with Crippen molar-refractivity contribution in [1.82, 2.24) is 0 Å². The highest BCUT2D eigenvalue weighted by Crippen LogP contribution is 2.77. The molecule has 1 spiro atoms. The van der Waals surface area contributed by atoms with E-state index in [1.807, 2.05) is 20.8 Å². The van der Waals surface area contributed by atoms with E-state index >= 15 is 0 Å². The Kier molecular flexibility index (Phi) is 10.7. The molecule has 18 atom stereocenters. The molecule has 0 aromatic carbocycles. The molecule has 4 unspecified atom stereocenters. The monoisotopic (exact) mass is 860 g/mol. The lowest BCUT2D eigenvalue weighted by molar-refractivity contribution is -0.364. The van der Waals surface area contributed by atoms with Crippen LogP contribution in [0.3, 0.4) is 0 Å². The van der Waals surface area contributed by atoms with Crippen LogP contribution in [0.15, 0.2) is 11.6 Å².